The summed E-state index contributed by atoms with van der Waals surface area (Å²) in [6.45, 7) is 5.77. The number of benzene rings is 1. The summed E-state index contributed by atoms with van der Waals surface area (Å²) in [6.07, 6.45) is 8.73. The number of carbonyl (C=O) groups is 1. The van der Waals surface area contributed by atoms with Crippen LogP contribution in [-0.4, -0.2) is 44.2 Å². The van der Waals surface area contributed by atoms with Crippen LogP contribution in [0.1, 0.15) is 38.7 Å². The SMILES string of the molecule is CC(C)N1CCCCC1C(=O)NCc1cn(-c2ccccc2)nc1-c1ccncc1. The zero-order chi connectivity index (χ0) is 20.9. The molecule has 1 aromatic carbocycles. The molecule has 0 radical (unpaired) electrons. The molecule has 6 heteroatoms. The lowest BCUT2D eigenvalue weighted by Gasteiger charge is -2.37. The molecule has 1 unspecified atom stereocenters. The molecule has 1 N–H and O–H groups in total. The maximum atomic E-state index is 13.0. The van der Waals surface area contributed by atoms with Gasteiger partial charge in [0.05, 0.1) is 17.4 Å². The first kappa shape index (κ1) is 20.3. The van der Waals surface area contributed by atoms with E-state index in [1.807, 2.05) is 53.3 Å². The molecule has 156 valence electrons. The molecule has 1 amide bonds. The fourth-order valence-corrected chi connectivity index (χ4v) is 4.16. The molecular weight excluding hydrogens is 374 g/mol. The van der Waals surface area contributed by atoms with Gasteiger partial charge in [-0.15, -0.1) is 0 Å². The highest BCUT2D eigenvalue weighted by atomic mass is 16.2. The molecule has 1 aliphatic heterocycles. The monoisotopic (exact) mass is 403 g/mol. The lowest BCUT2D eigenvalue weighted by Crippen LogP contribution is -2.51. The Bertz CT molecular complexity index is 968. The van der Waals surface area contributed by atoms with Crippen LogP contribution in [0.2, 0.25) is 0 Å². The number of nitrogens with one attached hydrogen (secondary N) is 1. The van der Waals surface area contributed by atoms with E-state index >= 15 is 0 Å². The van der Waals surface area contributed by atoms with Crippen LogP contribution in [0.3, 0.4) is 0 Å². The van der Waals surface area contributed by atoms with E-state index in [4.69, 9.17) is 5.10 Å². The second kappa shape index (κ2) is 9.22. The van der Waals surface area contributed by atoms with E-state index in [2.05, 4.69) is 29.0 Å². The maximum absolute atomic E-state index is 13.0. The molecule has 0 spiro atoms. The number of pyridine rings is 1. The molecular formula is C24H29N5O. The van der Waals surface area contributed by atoms with Crippen LogP contribution in [0.15, 0.2) is 61.1 Å². The van der Waals surface area contributed by atoms with Crippen LogP contribution < -0.4 is 5.32 Å². The topological polar surface area (TPSA) is 63.1 Å². The summed E-state index contributed by atoms with van der Waals surface area (Å²) < 4.78 is 1.87. The van der Waals surface area contributed by atoms with Crippen molar-refractivity contribution in [3.8, 4) is 16.9 Å². The predicted molar refractivity (Wildman–Crippen MR) is 118 cm³/mol. The second-order valence-corrected chi connectivity index (χ2v) is 8.08. The molecule has 0 aliphatic carbocycles. The molecule has 30 heavy (non-hydrogen) atoms. The summed E-state index contributed by atoms with van der Waals surface area (Å²) in [5, 5.41) is 7.99. The van der Waals surface area contributed by atoms with Crippen molar-refractivity contribution in [2.24, 2.45) is 0 Å². The number of nitrogens with zero attached hydrogens (tertiary/aromatic N) is 4. The van der Waals surface area contributed by atoms with Gasteiger partial charge in [0.15, 0.2) is 0 Å². The molecule has 1 atom stereocenters. The minimum Gasteiger partial charge on any atom is -0.351 e. The van der Waals surface area contributed by atoms with Crippen molar-refractivity contribution in [2.75, 3.05) is 6.54 Å². The Kier molecular flexibility index (Phi) is 6.23. The molecule has 1 aliphatic rings. The number of likely N-dealkylation sites (tertiary alicyclic amines) is 1. The van der Waals surface area contributed by atoms with Crippen molar-refractivity contribution < 1.29 is 4.79 Å². The summed E-state index contributed by atoms with van der Waals surface area (Å²) in [6, 6.07) is 14.2. The van der Waals surface area contributed by atoms with Crippen molar-refractivity contribution >= 4 is 5.91 Å². The summed E-state index contributed by atoms with van der Waals surface area (Å²) >= 11 is 0. The lowest BCUT2D eigenvalue weighted by atomic mass is 9.99. The van der Waals surface area contributed by atoms with E-state index < -0.39 is 0 Å². The Morgan fingerprint density at radius 1 is 1.13 bits per heavy atom. The average Bonchev–Trinajstić information content (AvgIpc) is 3.23. The Labute approximate surface area is 177 Å². The van der Waals surface area contributed by atoms with Crippen molar-refractivity contribution in [2.45, 2.75) is 51.7 Å². The van der Waals surface area contributed by atoms with Gasteiger partial charge >= 0.3 is 0 Å². The Morgan fingerprint density at radius 3 is 2.63 bits per heavy atom. The van der Waals surface area contributed by atoms with Crippen LogP contribution in [0.4, 0.5) is 0 Å². The summed E-state index contributed by atoms with van der Waals surface area (Å²) in [4.78, 5) is 19.5. The number of carbonyl (C=O) groups excluding carboxylic acids is 1. The molecule has 4 rings (SSSR count). The molecule has 6 nitrogen and oxygen atoms in total. The summed E-state index contributed by atoms with van der Waals surface area (Å²) in [7, 11) is 0. The smallest absolute Gasteiger partial charge is 0.237 e. The normalized spacial score (nSPS) is 17.2. The van der Waals surface area contributed by atoms with Gasteiger partial charge in [-0.3, -0.25) is 14.7 Å². The highest BCUT2D eigenvalue weighted by Gasteiger charge is 2.30. The largest absolute Gasteiger partial charge is 0.351 e. The highest BCUT2D eigenvalue weighted by molar-refractivity contribution is 5.82. The van der Waals surface area contributed by atoms with Gasteiger partial charge < -0.3 is 5.32 Å². The molecule has 2 aromatic heterocycles. The van der Waals surface area contributed by atoms with Crippen LogP contribution in [0.25, 0.3) is 16.9 Å². The van der Waals surface area contributed by atoms with Gasteiger partial charge in [-0.2, -0.15) is 5.10 Å². The summed E-state index contributed by atoms with van der Waals surface area (Å²) in [5.74, 6) is 0.108. The van der Waals surface area contributed by atoms with Crippen LogP contribution in [0.5, 0.6) is 0 Å². The zero-order valence-corrected chi connectivity index (χ0v) is 17.7. The van der Waals surface area contributed by atoms with Crippen LogP contribution >= 0.6 is 0 Å². The van der Waals surface area contributed by atoms with Gasteiger partial charge in [0, 0.05) is 42.3 Å². The zero-order valence-electron chi connectivity index (χ0n) is 17.7. The van der Waals surface area contributed by atoms with E-state index in [0.29, 0.717) is 12.6 Å². The molecule has 0 bridgehead atoms. The summed E-state index contributed by atoms with van der Waals surface area (Å²) in [5.41, 5.74) is 3.84. The molecule has 1 saturated heterocycles. The molecule has 0 saturated carbocycles. The van der Waals surface area contributed by atoms with Crippen LogP contribution in [0, 0.1) is 0 Å². The third kappa shape index (κ3) is 4.44. The maximum Gasteiger partial charge on any atom is 0.237 e. The Hall–Kier alpha value is -2.99. The van der Waals surface area contributed by atoms with E-state index in [-0.39, 0.29) is 11.9 Å². The number of piperidine rings is 1. The molecule has 3 aromatic rings. The number of amides is 1. The van der Waals surface area contributed by atoms with Crippen molar-refractivity contribution in [1.29, 1.82) is 0 Å². The quantitative estimate of drug-likeness (QED) is 0.680. The second-order valence-electron chi connectivity index (χ2n) is 8.08. The fourth-order valence-electron chi connectivity index (χ4n) is 4.16. The minimum absolute atomic E-state index is 0.0488. The first-order valence-corrected chi connectivity index (χ1v) is 10.7. The highest BCUT2D eigenvalue weighted by Crippen LogP contribution is 2.24. The van der Waals surface area contributed by atoms with Gasteiger partial charge in [-0.25, -0.2) is 4.68 Å². The first-order chi connectivity index (χ1) is 14.6. The predicted octanol–water partition coefficient (Wildman–Crippen LogP) is 3.81. The number of aromatic nitrogens is 3. The first-order valence-electron chi connectivity index (χ1n) is 10.7. The number of hydrogen-bond donors (Lipinski definition) is 1. The molecule has 3 heterocycles. The van der Waals surface area contributed by atoms with Gasteiger partial charge in [0.2, 0.25) is 5.91 Å². The fraction of sp³-hybridized carbons (Fsp3) is 0.375. The molecule has 1 fully saturated rings. The van der Waals surface area contributed by atoms with Crippen LogP contribution in [-0.2, 0) is 11.3 Å². The van der Waals surface area contributed by atoms with Crippen molar-refractivity contribution in [1.82, 2.24) is 25.0 Å². The lowest BCUT2D eigenvalue weighted by molar-refractivity contribution is -0.128. The van der Waals surface area contributed by atoms with Gasteiger partial charge in [0.1, 0.15) is 0 Å². The Balaban J connectivity index is 1.57. The van der Waals surface area contributed by atoms with E-state index in [9.17, 15) is 4.79 Å². The van der Waals surface area contributed by atoms with E-state index in [1.165, 1.54) is 0 Å². The standard InChI is InChI=1S/C24H29N5O/c1-18(2)28-15-7-6-10-22(28)24(30)26-16-20-17-29(21-8-4-3-5-9-21)27-23(20)19-11-13-25-14-12-19/h3-5,8-9,11-14,17-18,22H,6-7,10,15-16H2,1-2H3,(H,26,30). The third-order valence-electron chi connectivity index (χ3n) is 5.73. The van der Waals surface area contributed by atoms with Gasteiger partial charge in [-0.05, 0) is 57.5 Å². The minimum atomic E-state index is -0.0488. The Morgan fingerprint density at radius 2 is 1.90 bits per heavy atom. The third-order valence-corrected chi connectivity index (χ3v) is 5.73. The van der Waals surface area contributed by atoms with Crippen molar-refractivity contribution in [3.63, 3.8) is 0 Å². The van der Waals surface area contributed by atoms with Gasteiger partial charge in [-0.1, -0.05) is 24.6 Å². The van der Waals surface area contributed by atoms with E-state index in [0.717, 1.165) is 48.3 Å². The average molecular weight is 404 g/mol. The van der Waals surface area contributed by atoms with Gasteiger partial charge in [0.25, 0.3) is 0 Å². The van der Waals surface area contributed by atoms with E-state index in [1.54, 1.807) is 12.4 Å². The van der Waals surface area contributed by atoms with Crippen molar-refractivity contribution in [3.05, 3.63) is 66.6 Å². The number of hydrogen-bond acceptors (Lipinski definition) is 4. The number of para-hydroxylation sites is 1. The number of rotatable bonds is 6.